The second-order valence-electron chi connectivity index (χ2n) is 7.94. The van der Waals surface area contributed by atoms with Gasteiger partial charge < -0.3 is 9.47 Å². The van der Waals surface area contributed by atoms with Gasteiger partial charge in [0.15, 0.2) is 0 Å². The van der Waals surface area contributed by atoms with E-state index < -0.39 is 0 Å². The molecule has 34 heavy (non-hydrogen) atoms. The van der Waals surface area contributed by atoms with Crippen LogP contribution in [-0.2, 0) is 11.2 Å². The first kappa shape index (κ1) is 21.6. The van der Waals surface area contributed by atoms with E-state index in [1.807, 2.05) is 48.5 Å². The van der Waals surface area contributed by atoms with Crippen LogP contribution in [0.3, 0.4) is 0 Å². The molecule has 1 saturated heterocycles. The lowest BCUT2D eigenvalue weighted by atomic mass is 10.1. The minimum atomic E-state index is 0.0722. The molecular formula is C26H22N6O2. The summed E-state index contributed by atoms with van der Waals surface area (Å²) in [6.07, 6.45) is 7.37. The summed E-state index contributed by atoms with van der Waals surface area (Å²) >= 11 is 0. The molecular weight excluding hydrogens is 428 g/mol. The fourth-order valence-corrected chi connectivity index (χ4v) is 3.78. The Morgan fingerprint density at radius 1 is 0.971 bits per heavy atom. The number of benzene rings is 1. The van der Waals surface area contributed by atoms with Crippen LogP contribution in [0.2, 0.25) is 0 Å². The summed E-state index contributed by atoms with van der Waals surface area (Å²) in [5.74, 6) is 1.22. The fraction of sp³-hybridized carbons (Fsp3) is 0.231. The van der Waals surface area contributed by atoms with E-state index in [1.54, 1.807) is 18.6 Å². The SMILES string of the molecule is N#Cc1cc(-c2ccnc(Cc3ccc(-c4cccnc4)nn3)n2)ccc1OC1CCOCC1. The van der Waals surface area contributed by atoms with Crippen LogP contribution in [0.1, 0.15) is 29.9 Å². The lowest BCUT2D eigenvalue weighted by Crippen LogP contribution is -2.26. The number of aromatic nitrogens is 5. The van der Waals surface area contributed by atoms with Crippen molar-refractivity contribution >= 4 is 0 Å². The van der Waals surface area contributed by atoms with Gasteiger partial charge in [-0.3, -0.25) is 4.98 Å². The summed E-state index contributed by atoms with van der Waals surface area (Å²) < 4.78 is 11.4. The molecule has 3 aromatic heterocycles. The summed E-state index contributed by atoms with van der Waals surface area (Å²) in [6.45, 7) is 1.37. The number of nitriles is 1. The van der Waals surface area contributed by atoms with Crippen LogP contribution >= 0.6 is 0 Å². The quantitative estimate of drug-likeness (QED) is 0.434. The molecule has 0 spiro atoms. The molecule has 4 heterocycles. The average Bonchev–Trinajstić information content (AvgIpc) is 2.91. The van der Waals surface area contributed by atoms with Crippen LogP contribution in [0.15, 0.2) is 67.1 Å². The van der Waals surface area contributed by atoms with E-state index in [4.69, 9.17) is 9.47 Å². The number of hydrogen-bond donors (Lipinski definition) is 0. The van der Waals surface area contributed by atoms with Crippen molar-refractivity contribution in [2.45, 2.75) is 25.4 Å². The van der Waals surface area contributed by atoms with Gasteiger partial charge >= 0.3 is 0 Å². The molecule has 0 saturated carbocycles. The van der Waals surface area contributed by atoms with Crippen LogP contribution in [-0.4, -0.2) is 44.5 Å². The first-order chi connectivity index (χ1) is 16.8. The first-order valence-electron chi connectivity index (χ1n) is 11.1. The standard InChI is InChI=1S/C26H22N6O2/c27-16-20-14-18(3-6-25(20)34-22-8-12-33-13-9-22)23-7-11-29-26(30-23)15-21-4-5-24(32-31-21)19-2-1-10-28-17-19/h1-7,10-11,14,17,22H,8-9,12-13,15H2. The molecule has 0 bridgehead atoms. The summed E-state index contributed by atoms with van der Waals surface area (Å²) in [5, 5.41) is 18.3. The summed E-state index contributed by atoms with van der Waals surface area (Å²) in [7, 11) is 0. The second kappa shape index (κ2) is 10.1. The zero-order chi connectivity index (χ0) is 23.2. The molecule has 0 unspecified atom stereocenters. The van der Waals surface area contributed by atoms with Gasteiger partial charge in [-0.15, -0.1) is 0 Å². The molecule has 0 aliphatic carbocycles. The van der Waals surface area contributed by atoms with Crippen molar-refractivity contribution in [1.82, 2.24) is 25.1 Å². The maximum absolute atomic E-state index is 9.67. The van der Waals surface area contributed by atoms with Crippen LogP contribution in [0, 0.1) is 11.3 Å². The normalized spacial score (nSPS) is 13.9. The molecule has 1 aliphatic heterocycles. The Morgan fingerprint density at radius 3 is 2.65 bits per heavy atom. The number of ether oxygens (including phenoxy) is 2. The van der Waals surface area contributed by atoms with Gasteiger partial charge in [-0.1, -0.05) is 0 Å². The van der Waals surface area contributed by atoms with Crippen molar-refractivity contribution < 1.29 is 9.47 Å². The molecule has 5 rings (SSSR count). The third-order valence-corrected chi connectivity index (χ3v) is 5.58. The Bertz CT molecular complexity index is 1300. The van der Waals surface area contributed by atoms with Crippen LogP contribution in [0.4, 0.5) is 0 Å². The third kappa shape index (κ3) is 5.05. The third-order valence-electron chi connectivity index (χ3n) is 5.58. The minimum absolute atomic E-state index is 0.0722. The number of hydrogen-bond acceptors (Lipinski definition) is 8. The zero-order valence-electron chi connectivity index (χ0n) is 18.5. The smallest absolute Gasteiger partial charge is 0.137 e. The predicted molar refractivity (Wildman–Crippen MR) is 125 cm³/mol. The van der Waals surface area contributed by atoms with Gasteiger partial charge in [0, 0.05) is 42.6 Å². The number of nitrogens with zero attached hydrogens (tertiary/aromatic N) is 6. The lowest BCUT2D eigenvalue weighted by Gasteiger charge is -2.23. The Morgan fingerprint density at radius 2 is 1.88 bits per heavy atom. The fourth-order valence-electron chi connectivity index (χ4n) is 3.78. The van der Waals surface area contributed by atoms with Crippen molar-refractivity contribution in [1.29, 1.82) is 5.26 Å². The first-order valence-corrected chi connectivity index (χ1v) is 11.1. The minimum Gasteiger partial charge on any atom is -0.489 e. The Labute approximate surface area is 197 Å². The molecule has 0 N–H and O–H groups in total. The summed E-state index contributed by atoms with van der Waals surface area (Å²) in [4.78, 5) is 13.2. The van der Waals surface area contributed by atoms with E-state index in [1.165, 1.54) is 0 Å². The maximum atomic E-state index is 9.67. The second-order valence-corrected chi connectivity index (χ2v) is 7.94. The van der Waals surface area contributed by atoms with Gasteiger partial charge in [0.05, 0.1) is 42.3 Å². The molecule has 1 aliphatic rings. The van der Waals surface area contributed by atoms with E-state index in [0.717, 1.165) is 41.1 Å². The average molecular weight is 451 g/mol. The highest BCUT2D eigenvalue weighted by atomic mass is 16.5. The molecule has 8 nitrogen and oxygen atoms in total. The van der Waals surface area contributed by atoms with Crippen LogP contribution in [0.5, 0.6) is 5.75 Å². The Balaban J connectivity index is 1.32. The van der Waals surface area contributed by atoms with E-state index in [-0.39, 0.29) is 6.10 Å². The molecule has 4 aromatic rings. The number of rotatable bonds is 6. The van der Waals surface area contributed by atoms with E-state index >= 15 is 0 Å². The van der Waals surface area contributed by atoms with E-state index in [9.17, 15) is 5.26 Å². The highest BCUT2D eigenvalue weighted by Crippen LogP contribution is 2.27. The lowest BCUT2D eigenvalue weighted by molar-refractivity contribution is 0.0254. The zero-order valence-corrected chi connectivity index (χ0v) is 18.5. The van der Waals surface area contributed by atoms with Gasteiger partial charge in [-0.2, -0.15) is 15.5 Å². The highest BCUT2D eigenvalue weighted by Gasteiger charge is 2.17. The molecule has 1 fully saturated rings. The van der Waals surface area contributed by atoms with E-state index in [0.29, 0.717) is 36.8 Å². The topological polar surface area (TPSA) is 107 Å². The monoisotopic (exact) mass is 450 g/mol. The molecule has 0 atom stereocenters. The predicted octanol–water partition coefficient (Wildman–Crippen LogP) is 4.02. The number of pyridine rings is 1. The van der Waals surface area contributed by atoms with Gasteiger partial charge in [0.2, 0.25) is 0 Å². The maximum Gasteiger partial charge on any atom is 0.137 e. The largest absolute Gasteiger partial charge is 0.489 e. The summed E-state index contributed by atoms with van der Waals surface area (Å²) in [6, 6.07) is 17.3. The summed E-state index contributed by atoms with van der Waals surface area (Å²) in [5.41, 5.74) is 4.50. The Kier molecular flexibility index (Phi) is 6.45. The van der Waals surface area contributed by atoms with Crippen molar-refractivity contribution in [3.63, 3.8) is 0 Å². The van der Waals surface area contributed by atoms with Gasteiger partial charge in [0.1, 0.15) is 23.7 Å². The van der Waals surface area contributed by atoms with Crippen LogP contribution in [0.25, 0.3) is 22.5 Å². The van der Waals surface area contributed by atoms with Gasteiger partial charge in [-0.05, 0) is 48.5 Å². The van der Waals surface area contributed by atoms with Gasteiger partial charge in [0.25, 0.3) is 0 Å². The highest BCUT2D eigenvalue weighted by molar-refractivity contribution is 5.64. The molecule has 168 valence electrons. The van der Waals surface area contributed by atoms with Crippen LogP contribution < -0.4 is 4.74 Å². The van der Waals surface area contributed by atoms with Gasteiger partial charge in [-0.25, -0.2) is 9.97 Å². The Hall–Kier alpha value is -4.22. The van der Waals surface area contributed by atoms with E-state index in [2.05, 4.69) is 31.2 Å². The van der Waals surface area contributed by atoms with Crippen molar-refractivity contribution in [2.24, 2.45) is 0 Å². The molecule has 0 radical (unpaired) electrons. The van der Waals surface area contributed by atoms with Crippen molar-refractivity contribution in [3.05, 3.63) is 84.2 Å². The van der Waals surface area contributed by atoms with Crippen molar-refractivity contribution in [3.8, 4) is 34.3 Å². The molecule has 1 aromatic carbocycles. The molecule has 0 amide bonds. The van der Waals surface area contributed by atoms with Crippen molar-refractivity contribution in [2.75, 3.05) is 13.2 Å². The molecule has 8 heteroatoms.